The Labute approximate surface area is 133 Å². The zero-order valence-corrected chi connectivity index (χ0v) is 12.9. The summed E-state index contributed by atoms with van der Waals surface area (Å²) in [4.78, 5) is 30.3. The maximum atomic E-state index is 12.6. The van der Waals surface area contributed by atoms with Gasteiger partial charge in [-0.25, -0.2) is 4.98 Å². The first-order valence-corrected chi connectivity index (χ1v) is 7.72. The highest BCUT2D eigenvalue weighted by Crippen LogP contribution is 2.21. The summed E-state index contributed by atoms with van der Waals surface area (Å²) in [7, 11) is 0. The maximum absolute atomic E-state index is 12.6. The molecule has 122 valence electrons. The Kier molecular flexibility index (Phi) is 4.18. The molecular formula is C16H19N3O4. The van der Waals surface area contributed by atoms with Gasteiger partial charge in [0.1, 0.15) is 5.69 Å². The zero-order valence-electron chi connectivity index (χ0n) is 12.9. The molecule has 0 radical (unpaired) electrons. The first kappa shape index (κ1) is 15.3. The Morgan fingerprint density at radius 1 is 1.48 bits per heavy atom. The number of carbonyl (C=O) groups excluding carboxylic acids is 2. The van der Waals surface area contributed by atoms with Gasteiger partial charge in [-0.3, -0.25) is 9.59 Å². The van der Waals surface area contributed by atoms with E-state index in [2.05, 4.69) is 4.98 Å². The molecule has 0 saturated carbocycles. The van der Waals surface area contributed by atoms with E-state index in [1.807, 2.05) is 0 Å². The van der Waals surface area contributed by atoms with Gasteiger partial charge in [-0.2, -0.15) is 0 Å². The number of hydrogen-bond acceptors (Lipinski definition) is 5. The number of esters is 1. The molecule has 2 aromatic rings. The van der Waals surface area contributed by atoms with Crippen LogP contribution in [-0.2, 0) is 9.53 Å². The van der Waals surface area contributed by atoms with Gasteiger partial charge in [-0.05, 0) is 31.9 Å². The molecule has 0 spiro atoms. The Morgan fingerprint density at radius 3 is 3.04 bits per heavy atom. The minimum absolute atomic E-state index is 0.0228. The topological polar surface area (TPSA) is 84.1 Å². The number of hydrogen-bond donors (Lipinski definition) is 1. The van der Waals surface area contributed by atoms with Crippen LogP contribution in [-0.4, -0.2) is 51.0 Å². The van der Waals surface area contributed by atoms with Gasteiger partial charge in [0.2, 0.25) is 0 Å². The molecule has 0 aromatic carbocycles. The number of nitrogens with zero attached hydrogens (tertiary/aromatic N) is 3. The maximum Gasteiger partial charge on any atom is 0.310 e. The van der Waals surface area contributed by atoms with Crippen LogP contribution >= 0.6 is 0 Å². The van der Waals surface area contributed by atoms with E-state index in [1.165, 1.54) is 6.07 Å². The fourth-order valence-corrected chi connectivity index (χ4v) is 2.88. The lowest BCUT2D eigenvalue weighted by molar-refractivity contribution is -0.149. The number of imidazole rings is 1. The third kappa shape index (κ3) is 2.99. The molecule has 3 heterocycles. The van der Waals surface area contributed by atoms with Crippen molar-refractivity contribution >= 4 is 17.5 Å². The molecule has 7 heteroatoms. The van der Waals surface area contributed by atoms with Gasteiger partial charge in [0.25, 0.3) is 5.91 Å². The number of ether oxygens (including phenoxy) is 1. The number of aromatic nitrogens is 2. The van der Waals surface area contributed by atoms with E-state index in [1.54, 1.807) is 34.7 Å². The van der Waals surface area contributed by atoms with E-state index in [0.29, 0.717) is 25.3 Å². The molecule has 1 N–H and O–H groups in total. The van der Waals surface area contributed by atoms with Crippen molar-refractivity contribution in [1.82, 2.24) is 14.3 Å². The number of amides is 1. The average Bonchev–Trinajstić information content (AvgIpc) is 3.00. The minimum atomic E-state index is -0.280. The monoisotopic (exact) mass is 317 g/mol. The minimum Gasteiger partial charge on any atom is -0.504 e. The van der Waals surface area contributed by atoms with Crippen LogP contribution < -0.4 is 0 Å². The van der Waals surface area contributed by atoms with Crippen molar-refractivity contribution in [3.05, 3.63) is 30.2 Å². The lowest BCUT2D eigenvalue weighted by Gasteiger charge is -2.31. The normalized spacial score (nSPS) is 18.1. The molecule has 0 bridgehead atoms. The molecule has 1 fully saturated rings. The van der Waals surface area contributed by atoms with E-state index in [0.717, 1.165) is 12.8 Å². The second kappa shape index (κ2) is 6.28. The van der Waals surface area contributed by atoms with Crippen LogP contribution in [0.3, 0.4) is 0 Å². The number of rotatable bonds is 3. The van der Waals surface area contributed by atoms with E-state index >= 15 is 0 Å². The molecule has 2 aromatic heterocycles. The highest BCUT2D eigenvalue weighted by Gasteiger charge is 2.30. The lowest BCUT2D eigenvalue weighted by atomic mass is 9.98. The van der Waals surface area contributed by atoms with Crippen LogP contribution in [0.25, 0.3) is 5.65 Å². The number of carbonyl (C=O) groups is 2. The van der Waals surface area contributed by atoms with Crippen LogP contribution in [0, 0.1) is 5.92 Å². The number of aromatic hydroxyl groups is 1. The van der Waals surface area contributed by atoms with Gasteiger partial charge in [-0.15, -0.1) is 0 Å². The van der Waals surface area contributed by atoms with E-state index in [9.17, 15) is 14.7 Å². The molecule has 23 heavy (non-hydrogen) atoms. The summed E-state index contributed by atoms with van der Waals surface area (Å²) in [5.74, 6) is -0.743. The molecule has 7 nitrogen and oxygen atoms in total. The Hall–Kier alpha value is -2.57. The summed E-state index contributed by atoms with van der Waals surface area (Å²) in [6, 6.07) is 3.20. The van der Waals surface area contributed by atoms with Gasteiger partial charge >= 0.3 is 5.97 Å². The van der Waals surface area contributed by atoms with Crippen LogP contribution in [0.5, 0.6) is 5.75 Å². The van der Waals surface area contributed by atoms with Crippen molar-refractivity contribution in [2.24, 2.45) is 5.92 Å². The number of fused-ring (bicyclic) bond motifs is 1. The van der Waals surface area contributed by atoms with Crippen molar-refractivity contribution in [2.45, 2.75) is 19.8 Å². The summed E-state index contributed by atoms with van der Waals surface area (Å²) in [6.45, 7) is 3.05. The van der Waals surface area contributed by atoms with Gasteiger partial charge in [-0.1, -0.05) is 0 Å². The van der Waals surface area contributed by atoms with Crippen LogP contribution in [0.2, 0.25) is 0 Å². The summed E-state index contributed by atoms with van der Waals surface area (Å²) in [6.07, 6.45) is 4.80. The SMILES string of the molecule is CCOC(=O)C1CCCN(C(=O)c2cn3cccc(O)c3n2)C1. The fourth-order valence-electron chi connectivity index (χ4n) is 2.88. The van der Waals surface area contributed by atoms with E-state index in [-0.39, 0.29) is 29.2 Å². The largest absolute Gasteiger partial charge is 0.504 e. The average molecular weight is 317 g/mol. The first-order chi connectivity index (χ1) is 11.1. The van der Waals surface area contributed by atoms with Crippen molar-refractivity contribution in [2.75, 3.05) is 19.7 Å². The predicted molar refractivity (Wildman–Crippen MR) is 82.1 cm³/mol. The molecule has 1 saturated heterocycles. The quantitative estimate of drug-likeness (QED) is 0.866. The number of likely N-dealkylation sites (tertiary alicyclic amines) is 1. The fraction of sp³-hybridized carbons (Fsp3) is 0.438. The molecule has 1 aliphatic rings. The molecule has 3 rings (SSSR count). The number of pyridine rings is 1. The smallest absolute Gasteiger partial charge is 0.310 e. The second-order valence-electron chi connectivity index (χ2n) is 5.59. The highest BCUT2D eigenvalue weighted by atomic mass is 16.5. The van der Waals surface area contributed by atoms with Gasteiger partial charge < -0.3 is 19.1 Å². The van der Waals surface area contributed by atoms with Crippen molar-refractivity contribution in [3.63, 3.8) is 0 Å². The van der Waals surface area contributed by atoms with Gasteiger partial charge in [0.05, 0.1) is 12.5 Å². The van der Waals surface area contributed by atoms with Crippen LogP contribution in [0.1, 0.15) is 30.3 Å². The second-order valence-corrected chi connectivity index (χ2v) is 5.59. The van der Waals surface area contributed by atoms with Crippen LogP contribution in [0.4, 0.5) is 0 Å². The molecule has 1 unspecified atom stereocenters. The molecular weight excluding hydrogens is 298 g/mol. The van der Waals surface area contributed by atoms with E-state index in [4.69, 9.17) is 4.74 Å². The lowest BCUT2D eigenvalue weighted by Crippen LogP contribution is -2.43. The van der Waals surface area contributed by atoms with Gasteiger partial charge in [0, 0.05) is 25.5 Å². The molecule has 1 atom stereocenters. The summed E-state index contributed by atoms with van der Waals surface area (Å²) in [5, 5.41) is 9.78. The van der Waals surface area contributed by atoms with Gasteiger partial charge in [0.15, 0.2) is 11.4 Å². The molecule has 1 aliphatic heterocycles. The Balaban J connectivity index is 1.78. The highest BCUT2D eigenvalue weighted by molar-refractivity contribution is 5.93. The Morgan fingerprint density at radius 2 is 2.30 bits per heavy atom. The Bertz CT molecular complexity index is 740. The number of piperidine rings is 1. The van der Waals surface area contributed by atoms with Crippen molar-refractivity contribution in [1.29, 1.82) is 0 Å². The third-order valence-electron chi connectivity index (χ3n) is 4.01. The predicted octanol–water partition coefficient (Wildman–Crippen LogP) is 1.46. The third-order valence-corrected chi connectivity index (χ3v) is 4.01. The van der Waals surface area contributed by atoms with Crippen molar-refractivity contribution < 1.29 is 19.4 Å². The summed E-state index contributed by atoms with van der Waals surface area (Å²) < 4.78 is 6.66. The molecule has 0 aliphatic carbocycles. The summed E-state index contributed by atoms with van der Waals surface area (Å²) in [5.41, 5.74) is 0.603. The zero-order chi connectivity index (χ0) is 16.4. The van der Waals surface area contributed by atoms with Crippen molar-refractivity contribution in [3.8, 4) is 5.75 Å². The molecule has 1 amide bonds. The van der Waals surface area contributed by atoms with Crippen LogP contribution in [0.15, 0.2) is 24.5 Å². The first-order valence-electron chi connectivity index (χ1n) is 7.72. The summed E-state index contributed by atoms with van der Waals surface area (Å²) >= 11 is 0. The standard InChI is InChI=1S/C16H19N3O4/c1-2-23-16(22)11-5-3-8-19(9-11)15(21)12-10-18-7-4-6-13(20)14(18)17-12/h4,6-7,10-11,20H,2-3,5,8-9H2,1H3. The van der Waals surface area contributed by atoms with E-state index < -0.39 is 0 Å².